The average molecular weight is 672 g/mol. The first kappa shape index (κ1) is 37.9. The molecule has 6 heteroatoms. The number of quaternary nitrogens is 1. The molecule has 0 saturated heterocycles. The van der Waals surface area contributed by atoms with Gasteiger partial charge in [-0.1, -0.05) is 85.0 Å². The van der Waals surface area contributed by atoms with E-state index >= 15 is 0 Å². The summed E-state index contributed by atoms with van der Waals surface area (Å²) in [5.74, 6) is -0.0760. The van der Waals surface area contributed by atoms with Crippen LogP contribution < -0.4 is 27.3 Å². The molecule has 0 spiro atoms. The number of fused-ring (bicyclic) bond motifs is 1. The molecule has 0 aliphatic carbocycles. The Hall–Kier alpha value is -2.31. The molecule has 0 saturated carbocycles. The number of nitrogens with zero attached hydrogens (tertiary/aromatic N) is 2. The van der Waals surface area contributed by atoms with Crippen LogP contribution in [0.4, 0.5) is 5.69 Å². The second kappa shape index (κ2) is 19.9. The molecule has 246 valence electrons. The summed E-state index contributed by atoms with van der Waals surface area (Å²) in [6.45, 7) is 10.7. The Morgan fingerprint density at radius 3 is 1.84 bits per heavy atom. The van der Waals surface area contributed by atoms with Crippen LogP contribution >= 0.6 is 0 Å². The van der Waals surface area contributed by atoms with Crippen LogP contribution in [-0.2, 0) is 6.54 Å². The van der Waals surface area contributed by atoms with Crippen LogP contribution in [0.25, 0.3) is 22.3 Å². The van der Waals surface area contributed by atoms with Gasteiger partial charge in [-0.05, 0) is 68.1 Å². The fourth-order valence-corrected chi connectivity index (χ4v) is 6.02. The third-order valence-electron chi connectivity index (χ3n) is 8.72. The Kier molecular flexibility index (Phi) is 17.2. The maximum Gasteiger partial charge on any atom is 0.235 e. The van der Waals surface area contributed by atoms with Gasteiger partial charge in [-0.3, -0.25) is 4.79 Å². The van der Waals surface area contributed by atoms with Crippen LogP contribution in [0.5, 0.6) is 5.75 Å². The van der Waals surface area contributed by atoms with E-state index in [0.29, 0.717) is 16.5 Å². The van der Waals surface area contributed by atoms with Gasteiger partial charge in [0.15, 0.2) is 5.76 Å². The van der Waals surface area contributed by atoms with Crippen LogP contribution in [-0.4, -0.2) is 43.3 Å². The van der Waals surface area contributed by atoms with Crippen LogP contribution in [0, 0.1) is 0 Å². The van der Waals surface area contributed by atoms with Crippen molar-refractivity contribution in [2.45, 2.75) is 117 Å². The van der Waals surface area contributed by atoms with Crippen molar-refractivity contribution in [2.75, 3.05) is 38.6 Å². The van der Waals surface area contributed by atoms with Gasteiger partial charge in [-0.15, -0.1) is 0 Å². The highest BCUT2D eigenvalue weighted by Crippen LogP contribution is 2.32. The molecule has 0 unspecified atom stereocenters. The highest BCUT2D eigenvalue weighted by Gasteiger charge is 2.19. The Labute approximate surface area is 278 Å². The van der Waals surface area contributed by atoms with E-state index in [0.717, 1.165) is 67.6 Å². The van der Waals surface area contributed by atoms with E-state index in [2.05, 4.69) is 58.0 Å². The average Bonchev–Trinajstić information content (AvgIpc) is 3.00. The Bertz CT molecular complexity index is 1280. The zero-order chi connectivity index (χ0) is 31.1. The zero-order valence-electron chi connectivity index (χ0n) is 28.3. The van der Waals surface area contributed by atoms with E-state index < -0.39 is 0 Å². The molecule has 1 heterocycles. The number of halogens is 1. The summed E-state index contributed by atoms with van der Waals surface area (Å²) in [6, 6.07) is 13.9. The molecule has 5 nitrogen and oxygen atoms in total. The standard InChI is InChI=1S/C38H58N2O3.BrH/c1-6-9-12-13-14-15-16-17-18-19-28-40(4,5)30-31-20-25-35-34(29-31)36(41)37(42)38(43-35)32-21-23-33(24-22-32)39(26-10-7-2)27-11-8-3;/h20-25,29H,6-19,26-28,30H2,1-5H3;1H. The van der Waals surface area contributed by atoms with E-state index in [4.69, 9.17) is 4.42 Å². The van der Waals surface area contributed by atoms with E-state index in [1.807, 2.05) is 24.3 Å². The topological polar surface area (TPSA) is 53.7 Å². The Morgan fingerprint density at radius 1 is 0.727 bits per heavy atom. The summed E-state index contributed by atoms with van der Waals surface area (Å²) >= 11 is 0. The first-order valence-corrected chi connectivity index (χ1v) is 17.3. The van der Waals surface area contributed by atoms with Crippen LogP contribution in [0.1, 0.15) is 116 Å². The second-order valence-corrected chi connectivity index (χ2v) is 13.2. The first-order chi connectivity index (χ1) is 20.8. The lowest BCUT2D eigenvalue weighted by atomic mass is 10.1. The number of rotatable bonds is 21. The van der Waals surface area contributed by atoms with Gasteiger partial charge in [0.1, 0.15) is 12.1 Å². The number of anilines is 1. The summed E-state index contributed by atoms with van der Waals surface area (Å²) in [5, 5.41) is 11.4. The quantitative estimate of drug-likeness (QED) is 0.0973. The molecule has 0 radical (unpaired) electrons. The molecule has 0 amide bonds. The molecule has 0 atom stereocenters. The van der Waals surface area contributed by atoms with Crippen molar-refractivity contribution < 1.29 is 31.0 Å². The fourth-order valence-electron chi connectivity index (χ4n) is 6.02. The van der Waals surface area contributed by atoms with E-state index in [9.17, 15) is 9.90 Å². The minimum atomic E-state index is -0.366. The Morgan fingerprint density at radius 2 is 1.27 bits per heavy atom. The number of unbranched alkanes of at least 4 members (excludes halogenated alkanes) is 11. The third-order valence-corrected chi connectivity index (χ3v) is 8.72. The highest BCUT2D eigenvalue weighted by atomic mass is 79.9. The summed E-state index contributed by atoms with van der Waals surface area (Å²) in [5.41, 5.74) is 3.11. The molecule has 3 aromatic rings. The number of hydrogen-bond acceptors (Lipinski definition) is 4. The lowest BCUT2D eigenvalue weighted by Gasteiger charge is -2.30. The largest absolute Gasteiger partial charge is 1.00 e. The fraction of sp³-hybridized carbons (Fsp3) is 0.605. The maximum absolute atomic E-state index is 13.3. The minimum absolute atomic E-state index is 0. The van der Waals surface area contributed by atoms with E-state index in [1.54, 1.807) is 0 Å². The summed E-state index contributed by atoms with van der Waals surface area (Å²) in [7, 11) is 4.52. The maximum atomic E-state index is 13.3. The van der Waals surface area contributed by atoms with Crippen LogP contribution in [0.15, 0.2) is 51.7 Å². The van der Waals surface area contributed by atoms with Gasteiger partial charge in [-0.25, -0.2) is 0 Å². The molecular formula is C38H59BrN2O3. The second-order valence-electron chi connectivity index (χ2n) is 13.2. The molecule has 0 fully saturated rings. The SMILES string of the molecule is CCCCCCCCCCCC[N+](C)(C)Cc1ccc2oc(-c3ccc(N(CCCC)CCCC)cc3)c(O)c(=O)c2c1.[Br-]. The molecule has 0 aliphatic rings. The molecule has 3 rings (SSSR count). The molecule has 2 aromatic carbocycles. The van der Waals surface area contributed by atoms with Crippen LogP contribution in [0.3, 0.4) is 0 Å². The molecular weight excluding hydrogens is 612 g/mol. The number of benzene rings is 2. The molecule has 0 aliphatic heterocycles. The van der Waals surface area contributed by atoms with Gasteiger partial charge < -0.3 is 35.9 Å². The predicted molar refractivity (Wildman–Crippen MR) is 184 cm³/mol. The van der Waals surface area contributed by atoms with Crippen molar-refractivity contribution in [1.82, 2.24) is 0 Å². The van der Waals surface area contributed by atoms with Crippen molar-refractivity contribution in [2.24, 2.45) is 0 Å². The number of aromatic hydroxyl groups is 1. The molecule has 0 bridgehead atoms. The van der Waals surface area contributed by atoms with Crippen molar-refractivity contribution in [1.29, 1.82) is 0 Å². The molecule has 1 N–H and O–H groups in total. The first-order valence-electron chi connectivity index (χ1n) is 17.3. The smallest absolute Gasteiger partial charge is 0.235 e. The zero-order valence-corrected chi connectivity index (χ0v) is 29.9. The van der Waals surface area contributed by atoms with Gasteiger partial charge in [-0.2, -0.15) is 0 Å². The van der Waals surface area contributed by atoms with Crippen molar-refractivity contribution in [3.8, 4) is 17.1 Å². The molecule has 44 heavy (non-hydrogen) atoms. The van der Waals surface area contributed by atoms with Gasteiger partial charge in [0, 0.05) is 29.9 Å². The monoisotopic (exact) mass is 670 g/mol. The number of hydrogen-bond donors (Lipinski definition) is 1. The summed E-state index contributed by atoms with van der Waals surface area (Å²) in [4.78, 5) is 15.7. The summed E-state index contributed by atoms with van der Waals surface area (Å²) < 4.78 is 7.02. The molecule has 1 aromatic heterocycles. The van der Waals surface area contributed by atoms with E-state index in [-0.39, 0.29) is 33.9 Å². The highest BCUT2D eigenvalue weighted by molar-refractivity contribution is 5.82. The van der Waals surface area contributed by atoms with Gasteiger partial charge in [0.25, 0.3) is 0 Å². The predicted octanol–water partition coefficient (Wildman–Crippen LogP) is 7.07. The van der Waals surface area contributed by atoms with E-state index in [1.165, 1.54) is 64.2 Å². The lowest BCUT2D eigenvalue weighted by molar-refractivity contribution is -0.903. The van der Waals surface area contributed by atoms with Gasteiger partial charge in [0.2, 0.25) is 11.2 Å². The normalized spacial score (nSPS) is 11.6. The van der Waals surface area contributed by atoms with Crippen molar-refractivity contribution in [3.05, 3.63) is 58.3 Å². The van der Waals surface area contributed by atoms with Gasteiger partial charge >= 0.3 is 0 Å². The minimum Gasteiger partial charge on any atom is -1.00 e. The van der Waals surface area contributed by atoms with Crippen molar-refractivity contribution >= 4 is 16.7 Å². The Balaban J connectivity index is 0.00000675. The lowest BCUT2D eigenvalue weighted by Crippen LogP contribution is -3.00. The van der Waals surface area contributed by atoms with Gasteiger partial charge in [0.05, 0.1) is 26.0 Å². The van der Waals surface area contributed by atoms with Crippen molar-refractivity contribution in [3.63, 3.8) is 0 Å². The van der Waals surface area contributed by atoms with Crippen LogP contribution in [0.2, 0.25) is 0 Å². The summed E-state index contributed by atoms with van der Waals surface area (Å²) in [6.07, 6.45) is 18.1. The third kappa shape index (κ3) is 11.9.